The van der Waals surface area contributed by atoms with Crippen LogP contribution in [0, 0.1) is 11.3 Å². The molecule has 3 nitrogen and oxygen atoms in total. The third-order valence-electron chi connectivity index (χ3n) is 2.42. The van der Waals surface area contributed by atoms with Crippen LogP contribution in [-0.2, 0) is 6.54 Å². The molecular formula is C14H12N2O. The topological polar surface area (TPSA) is 56.0 Å². The van der Waals surface area contributed by atoms with Gasteiger partial charge in [-0.1, -0.05) is 12.1 Å². The first kappa shape index (κ1) is 11.0. The second-order valence-corrected chi connectivity index (χ2v) is 3.71. The van der Waals surface area contributed by atoms with E-state index in [2.05, 4.69) is 11.4 Å². The maximum absolute atomic E-state index is 9.15. The Morgan fingerprint density at radius 2 is 1.88 bits per heavy atom. The van der Waals surface area contributed by atoms with E-state index in [9.17, 15) is 0 Å². The molecule has 0 aliphatic heterocycles. The summed E-state index contributed by atoms with van der Waals surface area (Å²) in [5.41, 5.74) is 2.65. The number of nitrogens with zero attached hydrogens (tertiary/aromatic N) is 1. The molecule has 0 saturated carbocycles. The number of hydrogen-bond donors (Lipinski definition) is 2. The summed E-state index contributed by atoms with van der Waals surface area (Å²) in [6, 6.07) is 16.5. The number of phenols is 1. The fourth-order valence-corrected chi connectivity index (χ4v) is 1.53. The predicted octanol–water partition coefficient (Wildman–Crippen LogP) is 2.88. The number of rotatable bonds is 3. The summed E-state index contributed by atoms with van der Waals surface area (Å²) in [7, 11) is 0. The first-order valence-electron chi connectivity index (χ1n) is 5.30. The van der Waals surface area contributed by atoms with E-state index < -0.39 is 0 Å². The van der Waals surface area contributed by atoms with Crippen molar-refractivity contribution in [1.82, 2.24) is 0 Å². The lowest BCUT2D eigenvalue weighted by Gasteiger charge is -2.06. The first-order chi connectivity index (χ1) is 8.28. The van der Waals surface area contributed by atoms with Crippen LogP contribution in [0.3, 0.4) is 0 Å². The number of phenolic OH excluding ortho intramolecular Hbond substituents is 1. The monoisotopic (exact) mass is 224 g/mol. The highest BCUT2D eigenvalue weighted by Gasteiger charge is 1.96. The van der Waals surface area contributed by atoms with Crippen molar-refractivity contribution in [1.29, 1.82) is 5.26 Å². The van der Waals surface area contributed by atoms with E-state index in [0.717, 1.165) is 11.3 Å². The summed E-state index contributed by atoms with van der Waals surface area (Å²) in [5.74, 6) is 0.252. The summed E-state index contributed by atoms with van der Waals surface area (Å²) in [5, 5.41) is 21.1. The zero-order valence-electron chi connectivity index (χ0n) is 9.22. The van der Waals surface area contributed by atoms with Gasteiger partial charge in [0.05, 0.1) is 11.6 Å². The van der Waals surface area contributed by atoms with Gasteiger partial charge in [-0.15, -0.1) is 0 Å². The maximum Gasteiger partial charge on any atom is 0.115 e. The minimum Gasteiger partial charge on any atom is -0.508 e. The second-order valence-electron chi connectivity index (χ2n) is 3.71. The summed E-state index contributed by atoms with van der Waals surface area (Å²) in [4.78, 5) is 0. The van der Waals surface area contributed by atoms with Gasteiger partial charge in [0.15, 0.2) is 0 Å². The average molecular weight is 224 g/mol. The van der Waals surface area contributed by atoms with E-state index >= 15 is 0 Å². The van der Waals surface area contributed by atoms with Crippen LogP contribution in [0.25, 0.3) is 0 Å². The molecule has 0 aliphatic carbocycles. The van der Waals surface area contributed by atoms with Gasteiger partial charge in [-0.3, -0.25) is 0 Å². The number of nitrogens with one attached hydrogen (secondary N) is 1. The molecule has 0 amide bonds. The standard InChI is InChI=1S/C14H12N2O/c15-9-11-2-1-3-12(8-11)10-16-13-4-6-14(17)7-5-13/h1-8,16-17H,10H2. The summed E-state index contributed by atoms with van der Waals surface area (Å²) in [6.45, 7) is 0.653. The van der Waals surface area contributed by atoms with Gasteiger partial charge >= 0.3 is 0 Å². The van der Waals surface area contributed by atoms with E-state index in [0.29, 0.717) is 12.1 Å². The molecule has 3 heteroatoms. The zero-order chi connectivity index (χ0) is 12.1. The van der Waals surface area contributed by atoms with Crippen LogP contribution >= 0.6 is 0 Å². The highest BCUT2D eigenvalue weighted by atomic mass is 16.3. The van der Waals surface area contributed by atoms with Gasteiger partial charge in [0, 0.05) is 12.2 Å². The van der Waals surface area contributed by atoms with Gasteiger partial charge < -0.3 is 10.4 Å². The minimum absolute atomic E-state index is 0.252. The Balaban J connectivity index is 2.02. The van der Waals surface area contributed by atoms with Crippen molar-refractivity contribution in [3.8, 4) is 11.8 Å². The predicted molar refractivity (Wildman–Crippen MR) is 66.6 cm³/mol. The molecule has 0 radical (unpaired) electrons. The first-order valence-corrected chi connectivity index (χ1v) is 5.30. The van der Waals surface area contributed by atoms with Gasteiger partial charge in [0.1, 0.15) is 5.75 Å². The molecule has 2 rings (SSSR count). The number of benzene rings is 2. The molecule has 0 aliphatic rings. The molecule has 0 saturated heterocycles. The van der Waals surface area contributed by atoms with Crippen LogP contribution < -0.4 is 5.32 Å². The fourth-order valence-electron chi connectivity index (χ4n) is 1.53. The third-order valence-corrected chi connectivity index (χ3v) is 2.42. The van der Waals surface area contributed by atoms with Gasteiger partial charge in [-0.25, -0.2) is 0 Å². The van der Waals surface area contributed by atoms with Crippen molar-refractivity contribution < 1.29 is 5.11 Å². The molecule has 0 unspecified atom stereocenters. The molecule has 2 N–H and O–H groups in total. The van der Waals surface area contributed by atoms with E-state index in [1.807, 2.05) is 30.3 Å². The van der Waals surface area contributed by atoms with Crippen molar-refractivity contribution in [3.05, 3.63) is 59.7 Å². The van der Waals surface area contributed by atoms with Crippen LogP contribution in [0.5, 0.6) is 5.75 Å². The van der Waals surface area contributed by atoms with Gasteiger partial charge in [0.2, 0.25) is 0 Å². The fraction of sp³-hybridized carbons (Fsp3) is 0.0714. The lowest BCUT2D eigenvalue weighted by Crippen LogP contribution is -1.99. The molecule has 84 valence electrons. The van der Waals surface area contributed by atoms with Crippen molar-refractivity contribution >= 4 is 5.69 Å². The quantitative estimate of drug-likeness (QED) is 0.788. The molecule has 0 heterocycles. The molecule has 17 heavy (non-hydrogen) atoms. The van der Waals surface area contributed by atoms with Crippen molar-refractivity contribution in [2.75, 3.05) is 5.32 Å². The number of aromatic hydroxyl groups is 1. The molecule has 0 aromatic heterocycles. The number of nitriles is 1. The van der Waals surface area contributed by atoms with E-state index in [4.69, 9.17) is 10.4 Å². The molecule has 0 fully saturated rings. The molecule has 0 spiro atoms. The van der Waals surface area contributed by atoms with Crippen LogP contribution in [0.1, 0.15) is 11.1 Å². The molecule has 0 atom stereocenters. The van der Waals surface area contributed by atoms with E-state index in [1.165, 1.54) is 0 Å². The second kappa shape index (κ2) is 5.04. The molecule has 2 aromatic rings. The molecular weight excluding hydrogens is 212 g/mol. The summed E-state index contributed by atoms with van der Waals surface area (Å²) >= 11 is 0. The van der Waals surface area contributed by atoms with Gasteiger partial charge in [-0.2, -0.15) is 5.26 Å². The van der Waals surface area contributed by atoms with Gasteiger partial charge in [-0.05, 0) is 42.0 Å². The summed E-state index contributed by atoms with van der Waals surface area (Å²) in [6.07, 6.45) is 0. The Labute approximate surface area is 100.0 Å². The number of anilines is 1. The normalized spacial score (nSPS) is 9.59. The van der Waals surface area contributed by atoms with Gasteiger partial charge in [0.25, 0.3) is 0 Å². The van der Waals surface area contributed by atoms with Crippen LogP contribution in [0.2, 0.25) is 0 Å². The minimum atomic E-state index is 0.252. The SMILES string of the molecule is N#Cc1cccc(CNc2ccc(O)cc2)c1. The zero-order valence-corrected chi connectivity index (χ0v) is 9.22. The highest BCUT2D eigenvalue weighted by Crippen LogP contribution is 2.15. The maximum atomic E-state index is 9.15. The Morgan fingerprint density at radius 3 is 2.59 bits per heavy atom. The average Bonchev–Trinajstić information content (AvgIpc) is 2.38. The smallest absolute Gasteiger partial charge is 0.115 e. The largest absolute Gasteiger partial charge is 0.508 e. The Kier molecular flexibility index (Phi) is 3.27. The molecule has 0 bridgehead atoms. The van der Waals surface area contributed by atoms with Crippen molar-refractivity contribution in [2.24, 2.45) is 0 Å². The third kappa shape index (κ3) is 2.99. The van der Waals surface area contributed by atoms with Crippen LogP contribution in [0.4, 0.5) is 5.69 Å². The lowest BCUT2D eigenvalue weighted by atomic mass is 10.1. The molecule has 2 aromatic carbocycles. The number of hydrogen-bond acceptors (Lipinski definition) is 3. The Bertz CT molecular complexity index is 541. The van der Waals surface area contributed by atoms with Crippen LogP contribution in [0.15, 0.2) is 48.5 Å². The lowest BCUT2D eigenvalue weighted by molar-refractivity contribution is 0.475. The Morgan fingerprint density at radius 1 is 1.12 bits per heavy atom. The van der Waals surface area contributed by atoms with E-state index in [1.54, 1.807) is 18.2 Å². The summed E-state index contributed by atoms with van der Waals surface area (Å²) < 4.78 is 0. The Hall–Kier alpha value is -2.47. The van der Waals surface area contributed by atoms with E-state index in [-0.39, 0.29) is 5.75 Å². The van der Waals surface area contributed by atoms with Crippen molar-refractivity contribution in [3.63, 3.8) is 0 Å². The highest BCUT2D eigenvalue weighted by molar-refractivity contribution is 5.46. The van der Waals surface area contributed by atoms with Crippen LogP contribution in [-0.4, -0.2) is 5.11 Å². The van der Waals surface area contributed by atoms with Crippen molar-refractivity contribution in [2.45, 2.75) is 6.54 Å².